The molecular weight excluding hydrogens is 226 g/mol. The zero-order valence-electron chi connectivity index (χ0n) is 9.15. The predicted molar refractivity (Wildman–Crippen MR) is 63.0 cm³/mol. The van der Waals surface area contributed by atoms with Crippen molar-refractivity contribution >= 4 is 28.3 Å². The zero-order chi connectivity index (χ0) is 12.1. The Bertz CT molecular complexity index is 422. The number of nitrogen functional groups attached to an aromatic ring is 1. The summed E-state index contributed by atoms with van der Waals surface area (Å²) in [6.45, 7) is 2.68. The highest BCUT2D eigenvalue weighted by molar-refractivity contribution is 7.10. The van der Waals surface area contributed by atoms with E-state index in [4.69, 9.17) is 11.0 Å². The molecule has 0 saturated carbocycles. The molecule has 0 radical (unpaired) electrons. The quantitative estimate of drug-likeness (QED) is 0.797. The van der Waals surface area contributed by atoms with E-state index in [0.29, 0.717) is 17.1 Å². The van der Waals surface area contributed by atoms with Crippen LogP contribution in [0.4, 0.5) is 10.8 Å². The topological polar surface area (TPSA) is 95.0 Å². The lowest BCUT2D eigenvalue weighted by atomic mass is 10.3. The van der Waals surface area contributed by atoms with Crippen molar-refractivity contribution < 1.29 is 4.79 Å². The molecule has 0 atom stereocenters. The molecule has 0 unspecified atom stereocenters. The van der Waals surface area contributed by atoms with Gasteiger partial charge in [-0.2, -0.15) is 9.64 Å². The maximum Gasteiger partial charge on any atom is 0.241 e. The Balaban J connectivity index is 2.62. The van der Waals surface area contributed by atoms with E-state index in [1.165, 1.54) is 0 Å². The largest absolute Gasteiger partial charge is 0.382 e. The lowest BCUT2D eigenvalue weighted by molar-refractivity contribution is -0.127. The van der Waals surface area contributed by atoms with Gasteiger partial charge in [0.25, 0.3) is 0 Å². The molecule has 16 heavy (non-hydrogen) atoms. The first-order valence-corrected chi connectivity index (χ1v) is 5.50. The summed E-state index contributed by atoms with van der Waals surface area (Å²) >= 11 is 1.08. The normalized spacial score (nSPS) is 9.56. The Kier molecular flexibility index (Phi) is 4.08. The Morgan fingerprint density at radius 2 is 2.44 bits per heavy atom. The number of carbonyl (C=O) groups excluding carboxylic acids is 1. The van der Waals surface area contributed by atoms with Gasteiger partial charge in [-0.15, -0.1) is 0 Å². The smallest absolute Gasteiger partial charge is 0.241 e. The van der Waals surface area contributed by atoms with Crippen molar-refractivity contribution in [3.63, 3.8) is 0 Å². The molecule has 1 aromatic rings. The van der Waals surface area contributed by atoms with Crippen LogP contribution < -0.4 is 11.1 Å². The van der Waals surface area contributed by atoms with Gasteiger partial charge in [-0.25, -0.2) is 0 Å². The molecule has 0 fully saturated rings. The molecule has 0 bridgehead atoms. The lowest BCUT2D eigenvalue weighted by Crippen LogP contribution is -2.31. The number of nitriles is 1. The molecule has 1 amide bonds. The number of nitrogens with two attached hydrogens (primary N) is 1. The second-order valence-electron chi connectivity index (χ2n) is 3.15. The molecule has 0 aliphatic carbocycles. The summed E-state index contributed by atoms with van der Waals surface area (Å²) in [5, 5.41) is 12.2. The van der Waals surface area contributed by atoms with Gasteiger partial charge in [-0.1, -0.05) is 0 Å². The van der Waals surface area contributed by atoms with Gasteiger partial charge < -0.3 is 16.0 Å². The van der Waals surface area contributed by atoms with Crippen molar-refractivity contribution in [2.24, 2.45) is 0 Å². The van der Waals surface area contributed by atoms with Crippen LogP contribution in [0.2, 0.25) is 0 Å². The van der Waals surface area contributed by atoms with E-state index in [2.05, 4.69) is 9.69 Å². The van der Waals surface area contributed by atoms with Crippen LogP contribution in [0.15, 0.2) is 0 Å². The maximum absolute atomic E-state index is 11.5. The number of likely N-dealkylation sites (N-methyl/N-ethyl adjacent to an activating group) is 1. The van der Waals surface area contributed by atoms with Gasteiger partial charge in [0.2, 0.25) is 5.91 Å². The van der Waals surface area contributed by atoms with Crippen molar-refractivity contribution in [2.45, 2.75) is 6.92 Å². The van der Waals surface area contributed by atoms with Crippen LogP contribution in [0.1, 0.15) is 12.5 Å². The molecule has 0 aliphatic rings. The molecule has 1 heterocycles. The second-order valence-corrected chi connectivity index (χ2v) is 3.92. The summed E-state index contributed by atoms with van der Waals surface area (Å²) < 4.78 is 3.84. The minimum atomic E-state index is -0.0432. The Morgan fingerprint density at radius 1 is 1.75 bits per heavy atom. The number of anilines is 2. The monoisotopic (exact) mass is 239 g/mol. The number of hydrogen-bond donors (Lipinski definition) is 2. The summed E-state index contributed by atoms with van der Waals surface area (Å²) in [7, 11) is 1.72. The number of aromatic nitrogens is 1. The second kappa shape index (κ2) is 5.32. The number of rotatable bonds is 4. The van der Waals surface area contributed by atoms with Gasteiger partial charge >= 0.3 is 0 Å². The maximum atomic E-state index is 11.5. The van der Waals surface area contributed by atoms with Crippen LogP contribution >= 0.6 is 11.5 Å². The standard InChI is InChI=1S/C9H13N5OS/c1-3-14(2)7(15)5-12-9-6(4-10)8(11)13-16-9/h12H,3,5H2,1-2H3,(H2,11,13). The van der Waals surface area contributed by atoms with Crippen LogP contribution in [0.3, 0.4) is 0 Å². The van der Waals surface area contributed by atoms with Gasteiger partial charge in [0.1, 0.15) is 16.6 Å². The Morgan fingerprint density at radius 3 is 3.00 bits per heavy atom. The zero-order valence-corrected chi connectivity index (χ0v) is 9.97. The third-order valence-corrected chi connectivity index (χ3v) is 2.95. The first-order chi connectivity index (χ1) is 7.60. The van der Waals surface area contributed by atoms with Gasteiger partial charge in [-0.05, 0) is 18.5 Å². The van der Waals surface area contributed by atoms with E-state index < -0.39 is 0 Å². The van der Waals surface area contributed by atoms with Crippen LogP contribution in [0, 0.1) is 11.3 Å². The summed E-state index contributed by atoms with van der Waals surface area (Å²) in [6, 6.07) is 1.95. The van der Waals surface area contributed by atoms with Crippen molar-refractivity contribution in [3.8, 4) is 6.07 Å². The highest BCUT2D eigenvalue weighted by Gasteiger charge is 2.12. The SMILES string of the molecule is CCN(C)C(=O)CNc1snc(N)c1C#N. The van der Waals surface area contributed by atoms with Gasteiger partial charge in [0.05, 0.1) is 6.54 Å². The number of nitrogens with one attached hydrogen (secondary N) is 1. The van der Waals surface area contributed by atoms with E-state index in [0.717, 1.165) is 11.5 Å². The molecule has 1 aromatic heterocycles. The third kappa shape index (κ3) is 2.61. The molecule has 1 rings (SSSR count). The van der Waals surface area contributed by atoms with E-state index >= 15 is 0 Å². The van der Waals surface area contributed by atoms with E-state index in [-0.39, 0.29) is 18.3 Å². The van der Waals surface area contributed by atoms with Crippen LogP contribution in [-0.4, -0.2) is 35.3 Å². The van der Waals surface area contributed by atoms with Crippen molar-refractivity contribution in [3.05, 3.63) is 5.56 Å². The molecule has 0 spiro atoms. The van der Waals surface area contributed by atoms with Crippen LogP contribution in [-0.2, 0) is 4.79 Å². The molecule has 0 aromatic carbocycles. The van der Waals surface area contributed by atoms with Gasteiger partial charge in [0, 0.05) is 13.6 Å². The Labute approximate surface area is 97.8 Å². The number of carbonyl (C=O) groups is 1. The average molecular weight is 239 g/mol. The van der Waals surface area contributed by atoms with Crippen LogP contribution in [0.5, 0.6) is 0 Å². The van der Waals surface area contributed by atoms with Crippen LogP contribution in [0.25, 0.3) is 0 Å². The van der Waals surface area contributed by atoms with Crippen molar-refractivity contribution in [1.29, 1.82) is 5.26 Å². The fourth-order valence-corrected chi connectivity index (χ4v) is 1.66. The number of hydrogen-bond acceptors (Lipinski definition) is 6. The minimum Gasteiger partial charge on any atom is -0.382 e. The summed E-state index contributed by atoms with van der Waals surface area (Å²) in [6.07, 6.45) is 0. The Hall–Kier alpha value is -1.81. The number of nitrogens with zero attached hydrogens (tertiary/aromatic N) is 3. The first-order valence-electron chi connectivity index (χ1n) is 4.73. The van der Waals surface area contributed by atoms with E-state index in [9.17, 15) is 4.79 Å². The van der Waals surface area contributed by atoms with Crippen molar-refractivity contribution in [2.75, 3.05) is 31.2 Å². The summed E-state index contributed by atoms with van der Waals surface area (Å²) in [5.41, 5.74) is 5.79. The molecule has 6 nitrogen and oxygen atoms in total. The van der Waals surface area contributed by atoms with Crippen molar-refractivity contribution in [1.82, 2.24) is 9.27 Å². The summed E-state index contributed by atoms with van der Waals surface area (Å²) in [4.78, 5) is 13.1. The fraction of sp³-hybridized carbons (Fsp3) is 0.444. The minimum absolute atomic E-state index is 0.0432. The molecule has 86 valence electrons. The van der Waals surface area contributed by atoms with E-state index in [1.807, 2.05) is 13.0 Å². The first kappa shape index (κ1) is 12.3. The molecule has 0 saturated heterocycles. The third-order valence-electron chi connectivity index (χ3n) is 2.13. The molecular formula is C9H13N5OS. The van der Waals surface area contributed by atoms with Gasteiger partial charge in [0.15, 0.2) is 5.82 Å². The fourth-order valence-electron chi connectivity index (χ4n) is 0.998. The lowest BCUT2D eigenvalue weighted by Gasteiger charge is -2.14. The highest BCUT2D eigenvalue weighted by atomic mass is 32.1. The summed E-state index contributed by atoms with van der Waals surface area (Å²) in [5.74, 6) is 0.157. The van der Waals surface area contributed by atoms with Gasteiger partial charge in [-0.3, -0.25) is 4.79 Å². The highest BCUT2D eigenvalue weighted by Crippen LogP contribution is 2.25. The van der Waals surface area contributed by atoms with E-state index in [1.54, 1.807) is 11.9 Å². The molecule has 7 heteroatoms. The number of amides is 1. The average Bonchev–Trinajstić information content (AvgIpc) is 2.65. The molecule has 3 N–H and O–H groups in total. The molecule has 0 aliphatic heterocycles. The predicted octanol–water partition coefficient (Wildman–Crippen LogP) is 0.487.